The highest BCUT2D eigenvalue weighted by Crippen LogP contribution is 2.33. The van der Waals surface area contributed by atoms with E-state index in [2.05, 4.69) is 46.1 Å². The average molecular weight is 352 g/mol. The van der Waals surface area contributed by atoms with E-state index in [0.717, 1.165) is 28.4 Å². The molecule has 1 fully saturated rings. The molecule has 2 heterocycles. The Hall–Kier alpha value is 0.390. The average Bonchev–Trinajstić information content (AvgIpc) is 2.68. The van der Waals surface area contributed by atoms with Gasteiger partial charge in [0.05, 0.1) is 0 Å². The fourth-order valence-corrected chi connectivity index (χ4v) is 4.28. The van der Waals surface area contributed by atoms with E-state index in [4.69, 9.17) is 11.6 Å². The van der Waals surface area contributed by atoms with Gasteiger partial charge in [-0.15, -0.1) is 11.3 Å². The van der Waals surface area contributed by atoms with Gasteiger partial charge in [-0.05, 0) is 34.8 Å². The van der Waals surface area contributed by atoms with E-state index >= 15 is 0 Å². The van der Waals surface area contributed by atoms with Gasteiger partial charge in [0.15, 0.2) is 0 Å². The van der Waals surface area contributed by atoms with E-state index in [0.29, 0.717) is 12.1 Å². The summed E-state index contributed by atoms with van der Waals surface area (Å²) in [5, 5.41) is 3.63. The highest BCUT2D eigenvalue weighted by Gasteiger charge is 2.26. The van der Waals surface area contributed by atoms with Crippen LogP contribution in [0.25, 0.3) is 0 Å². The minimum Gasteiger partial charge on any atom is -0.311 e. The quantitative estimate of drug-likeness (QED) is 0.877. The molecule has 1 N–H and O–H groups in total. The second-order valence-corrected chi connectivity index (χ2v) is 7.43. The molecule has 5 heteroatoms. The topological polar surface area (TPSA) is 15.3 Å². The van der Waals surface area contributed by atoms with Crippen molar-refractivity contribution in [1.29, 1.82) is 0 Å². The molecule has 18 heavy (non-hydrogen) atoms. The molecule has 2 rings (SSSR count). The number of hydrogen-bond donors (Lipinski definition) is 1. The monoisotopic (exact) mass is 350 g/mol. The molecule has 102 valence electrons. The molecule has 1 aliphatic heterocycles. The van der Waals surface area contributed by atoms with Gasteiger partial charge in [-0.25, -0.2) is 0 Å². The summed E-state index contributed by atoms with van der Waals surface area (Å²) < 4.78 is 1.89. The zero-order valence-electron chi connectivity index (χ0n) is 10.9. The molecule has 2 unspecified atom stereocenters. The van der Waals surface area contributed by atoms with Crippen LogP contribution in [0.4, 0.5) is 0 Å². The summed E-state index contributed by atoms with van der Waals surface area (Å²) in [5.41, 5.74) is 0. The molecule has 2 nitrogen and oxygen atoms in total. The lowest BCUT2D eigenvalue weighted by Gasteiger charge is -2.39. The van der Waals surface area contributed by atoms with E-state index in [1.54, 1.807) is 11.3 Å². The minimum absolute atomic E-state index is 0.631. The maximum absolute atomic E-state index is 6.11. The Morgan fingerprint density at radius 2 is 2.28 bits per heavy atom. The predicted molar refractivity (Wildman–Crippen MR) is 83.6 cm³/mol. The van der Waals surface area contributed by atoms with Crippen molar-refractivity contribution in [3.05, 3.63) is 19.8 Å². The van der Waals surface area contributed by atoms with Crippen LogP contribution in [0.1, 0.15) is 31.6 Å². The first kappa shape index (κ1) is 14.8. The molecular weight excluding hydrogens is 332 g/mol. The number of piperazine rings is 1. The largest absolute Gasteiger partial charge is 0.311 e. The van der Waals surface area contributed by atoms with E-state index in [9.17, 15) is 0 Å². The second-order valence-electron chi connectivity index (χ2n) is 4.84. The fourth-order valence-electron chi connectivity index (χ4n) is 2.47. The third-order valence-electron chi connectivity index (χ3n) is 3.63. The Morgan fingerprint density at radius 3 is 2.83 bits per heavy atom. The van der Waals surface area contributed by atoms with Crippen molar-refractivity contribution in [2.75, 3.05) is 13.1 Å². The lowest BCUT2D eigenvalue weighted by Crippen LogP contribution is -2.55. The van der Waals surface area contributed by atoms with E-state index in [1.807, 2.05) is 0 Å². The van der Waals surface area contributed by atoms with Crippen LogP contribution in [0.2, 0.25) is 4.34 Å². The molecular formula is C13H20BrClN2S. The van der Waals surface area contributed by atoms with Crippen molar-refractivity contribution in [3.8, 4) is 0 Å². The summed E-state index contributed by atoms with van der Waals surface area (Å²) in [6, 6.07) is 3.43. The Morgan fingerprint density at radius 1 is 1.50 bits per heavy atom. The minimum atomic E-state index is 0.631. The summed E-state index contributed by atoms with van der Waals surface area (Å²) >= 11 is 11.3. The number of thiophene rings is 1. The maximum Gasteiger partial charge on any atom is 0.107 e. The van der Waals surface area contributed by atoms with Gasteiger partial charge in [0.1, 0.15) is 4.34 Å². The first-order chi connectivity index (χ1) is 8.63. The first-order valence-electron chi connectivity index (χ1n) is 6.55. The van der Waals surface area contributed by atoms with Crippen LogP contribution in [0.15, 0.2) is 10.5 Å². The standard InChI is InChI=1S/C13H20BrClN2S/c1-3-9-7-17(10(4-2)6-16-9)8-11-5-12(14)13(15)18-11/h5,9-10,16H,3-4,6-8H2,1-2H3. The Labute approximate surface area is 127 Å². The van der Waals surface area contributed by atoms with Gasteiger partial charge in [-0.3, -0.25) is 4.90 Å². The molecule has 0 saturated carbocycles. The molecule has 1 aromatic heterocycles. The van der Waals surface area contributed by atoms with E-state index in [-0.39, 0.29) is 0 Å². The van der Waals surface area contributed by atoms with Gasteiger partial charge in [0.25, 0.3) is 0 Å². The van der Waals surface area contributed by atoms with Crippen LogP contribution in [0, 0.1) is 0 Å². The van der Waals surface area contributed by atoms with Crippen LogP contribution in [-0.2, 0) is 6.54 Å². The number of rotatable bonds is 4. The lowest BCUT2D eigenvalue weighted by atomic mass is 10.1. The van der Waals surface area contributed by atoms with Gasteiger partial charge in [0.2, 0.25) is 0 Å². The Balaban J connectivity index is 2.04. The van der Waals surface area contributed by atoms with Crippen molar-refractivity contribution in [2.24, 2.45) is 0 Å². The third-order valence-corrected chi connectivity index (χ3v) is 6.09. The summed E-state index contributed by atoms with van der Waals surface area (Å²) in [6.45, 7) is 7.79. The summed E-state index contributed by atoms with van der Waals surface area (Å²) in [7, 11) is 0. The van der Waals surface area contributed by atoms with Crippen molar-refractivity contribution in [1.82, 2.24) is 10.2 Å². The Kier molecular flexibility index (Phi) is 5.51. The molecule has 0 radical (unpaired) electrons. The van der Waals surface area contributed by atoms with Gasteiger partial charge < -0.3 is 5.32 Å². The second kappa shape index (κ2) is 6.71. The van der Waals surface area contributed by atoms with Gasteiger partial charge in [-0.1, -0.05) is 25.4 Å². The Bertz CT molecular complexity index is 377. The normalized spacial score (nSPS) is 25.6. The van der Waals surface area contributed by atoms with E-state index < -0.39 is 0 Å². The smallest absolute Gasteiger partial charge is 0.107 e. The predicted octanol–water partition coefficient (Wildman–Crippen LogP) is 4.13. The molecule has 0 aromatic carbocycles. The zero-order valence-corrected chi connectivity index (χ0v) is 14.0. The number of halogens is 2. The highest BCUT2D eigenvalue weighted by atomic mass is 79.9. The van der Waals surface area contributed by atoms with Crippen LogP contribution >= 0.6 is 38.9 Å². The highest BCUT2D eigenvalue weighted by molar-refractivity contribution is 9.10. The lowest BCUT2D eigenvalue weighted by molar-refractivity contribution is 0.118. The van der Waals surface area contributed by atoms with Crippen LogP contribution in [0.3, 0.4) is 0 Å². The van der Waals surface area contributed by atoms with Crippen molar-refractivity contribution >= 4 is 38.9 Å². The van der Waals surface area contributed by atoms with Crippen molar-refractivity contribution < 1.29 is 0 Å². The number of hydrogen-bond acceptors (Lipinski definition) is 3. The molecule has 1 aliphatic rings. The summed E-state index contributed by atoms with van der Waals surface area (Å²) in [5.74, 6) is 0. The summed E-state index contributed by atoms with van der Waals surface area (Å²) in [6.07, 6.45) is 2.39. The van der Waals surface area contributed by atoms with E-state index in [1.165, 1.54) is 17.7 Å². The summed E-state index contributed by atoms with van der Waals surface area (Å²) in [4.78, 5) is 3.95. The van der Waals surface area contributed by atoms with Crippen LogP contribution < -0.4 is 5.32 Å². The third kappa shape index (κ3) is 3.48. The van der Waals surface area contributed by atoms with Crippen LogP contribution in [0.5, 0.6) is 0 Å². The first-order valence-corrected chi connectivity index (χ1v) is 8.53. The molecule has 2 atom stereocenters. The number of nitrogens with zero attached hydrogens (tertiary/aromatic N) is 1. The molecule has 0 amide bonds. The molecule has 0 spiro atoms. The SMILES string of the molecule is CCC1CN(Cc2cc(Br)c(Cl)s2)C(CC)CN1. The van der Waals surface area contributed by atoms with Crippen LogP contribution in [-0.4, -0.2) is 30.1 Å². The van der Waals surface area contributed by atoms with Crippen molar-refractivity contribution in [3.63, 3.8) is 0 Å². The van der Waals surface area contributed by atoms with Crippen molar-refractivity contribution in [2.45, 2.75) is 45.3 Å². The maximum atomic E-state index is 6.11. The molecule has 0 bridgehead atoms. The molecule has 1 aromatic rings. The fraction of sp³-hybridized carbons (Fsp3) is 0.692. The number of nitrogens with one attached hydrogen (secondary N) is 1. The molecule has 0 aliphatic carbocycles. The van der Waals surface area contributed by atoms with Gasteiger partial charge in [-0.2, -0.15) is 0 Å². The zero-order chi connectivity index (χ0) is 13.1. The molecule has 1 saturated heterocycles. The van der Waals surface area contributed by atoms with Gasteiger partial charge in [0, 0.05) is 41.1 Å². The van der Waals surface area contributed by atoms with Gasteiger partial charge >= 0.3 is 0 Å².